The second kappa shape index (κ2) is 8.51. The lowest BCUT2D eigenvalue weighted by molar-refractivity contribution is 0.0637. The van der Waals surface area contributed by atoms with Gasteiger partial charge in [-0.3, -0.25) is 0 Å². The second-order valence-electron chi connectivity index (χ2n) is 8.80. The summed E-state index contributed by atoms with van der Waals surface area (Å²) in [5, 5.41) is 10.3. The predicted molar refractivity (Wildman–Crippen MR) is 108 cm³/mol. The molecule has 1 fully saturated rings. The Hall–Kier alpha value is -1.43. The van der Waals surface area contributed by atoms with Crippen LogP contribution in [0.4, 0.5) is 11.9 Å². The highest BCUT2D eigenvalue weighted by molar-refractivity contribution is 5.44. The molecule has 0 aromatic carbocycles. The van der Waals surface area contributed by atoms with Gasteiger partial charge in [-0.1, -0.05) is 26.7 Å². The third kappa shape index (κ3) is 4.84. The van der Waals surface area contributed by atoms with Gasteiger partial charge in [0.25, 0.3) is 0 Å². The van der Waals surface area contributed by atoms with E-state index in [-0.39, 0.29) is 17.2 Å². The third-order valence-electron chi connectivity index (χ3n) is 5.27. The molecule has 0 bridgehead atoms. The molecule has 1 saturated heterocycles. The molecule has 1 aromatic rings. The summed E-state index contributed by atoms with van der Waals surface area (Å²) in [6.07, 6.45) is 7.37. The van der Waals surface area contributed by atoms with Crippen LogP contribution < -0.4 is 9.80 Å². The van der Waals surface area contributed by atoms with Crippen LogP contribution in [-0.4, -0.2) is 50.3 Å². The number of rotatable bonds is 8. The van der Waals surface area contributed by atoms with Gasteiger partial charge < -0.3 is 14.9 Å². The van der Waals surface area contributed by atoms with Crippen molar-refractivity contribution < 1.29 is 5.11 Å². The first-order valence-electron chi connectivity index (χ1n) is 10.1. The molecular formula is C20H37N5O. The molecular weight excluding hydrogens is 326 g/mol. The van der Waals surface area contributed by atoms with Crippen molar-refractivity contribution in [2.45, 2.75) is 97.2 Å². The lowest BCUT2D eigenvalue weighted by atomic mass is 9.78. The van der Waals surface area contributed by atoms with E-state index >= 15 is 0 Å². The molecule has 0 radical (unpaired) electrons. The molecule has 26 heavy (non-hydrogen) atoms. The van der Waals surface area contributed by atoms with Gasteiger partial charge >= 0.3 is 0 Å². The van der Waals surface area contributed by atoms with Crippen LogP contribution in [0.2, 0.25) is 0 Å². The van der Waals surface area contributed by atoms with E-state index < -0.39 is 0 Å². The minimum absolute atomic E-state index is 0.211. The summed E-state index contributed by atoms with van der Waals surface area (Å²) in [5.41, 5.74) is -0.422. The van der Waals surface area contributed by atoms with Crippen molar-refractivity contribution in [2.75, 3.05) is 22.9 Å². The van der Waals surface area contributed by atoms with Gasteiger partial charge in [0.05, 0.1) is 6.10 Å². The molecule has 0 unspecified atom stereocenters. The molecule has 1 aliphatic heterocycles. The maximum absolute atomic E-state index is 10.3. The lowest BCUT2D eigenvalue weighted by Crippen LogP contribution is -2.62. The van der Waals surface area contributed by atoms with Crippen molar-refractivity contribution in [2.24, 2.45) is 0 Å². The number of aromatic nitrogens is 3. The zero-order valence-electron chi connectivity index (χ0n) is 17.5. The summed E-state index contributed by atoms with van der Waals surface area (Å²) < 4.78 is 0. The number of hydrogen-bond acceptors (Lipinski definition) is 6. The fraction of sp³-hybridized carbons (Fsp3) is 0.850. The molecule has 2 rings (SSSR count). The number of aliphatic hydroxyl groups excluding tert-OH is 1. The summed E-state index contributed by atoms with van der Waals surface area (Å²) in [6.45, 7) is 15.0. The molecule has 1 aliphatic rings. The van der Waals surface area contributed by atoms with Gasteiger partial charge in [-0.25, -0.2) is 9.97 Å². The van der Waals surface area contributed by atoms with E-state index in [2.05, 4.69) is 61.3 Å². The van der Waals surface area contributed by atoms with Crippen LogP contribution in [0.5, 0.6) is 0 Å². The van der Waals surface area contributed by atoms with Crippen molar-refractivity contribution in [3.05, 3.63) is 6.33 Å². The van der Waals surface area contributed by atoms with Gasteiger partial charge in [-0.2, -0.15) is 4.98 Å². The van der Waals surface area contributed by atoms with Crippen molar-refractivity contribution >= 4 is 11.9 Å². The maximum Gasteiger partial charge on any atom is 0.231 e. The average molecular weight is 364 g/mol. The van der Waals surface area contributed by atoms with Crippen molar-refractivity contribution in [3.8, 4) is 0 Å². The van der Waals surface area contributed by atoms with E-state index in [9.17, 15) is 5.11 Å². The normalized spacial score (nSPS) is 19.6. The summed E-state index contributed by atoms with van der Waals surface area (Å²) >= 11 is 0. The number of unbranched alkanes of at least 4 members (excludes halogenated alkanes) is 2. The smallest absolute Gasteiger partial charge is 0.231 e. The minimum atomic E-state index is -0.289. The van der Waals surface area contributed by atoms with Crippen LogP contribution in [0, 0.1) is 0 Å². The van der Waals surface area contributed by atoms with Crippen LogP contribution >= 0.6 is 0 Å². The molecule has 1 N–H and O–H groups in total. The lowest BCUT2D eigenvalue weighted by Gasteiger charge is -2.54. The standard InChI is InChI=1S/C20H37N5O/c1-7-9-11-24(12-10-8-2)17-21-15-22-18(23-17)25-19(3,4)13-16(26)14-20(25,5)6/h15-16,26H,7-14H2,1-6H3. The highest BCUT2D eigenvalue weighted by atomic mass is 16.3. The number of hydrogen-bond donors (Lipinski definition) is 1. The summed E-state index contributed by atoms with van der Waals surface area (Å²) in [4.78, 5) is 18.4. The van der Waals surface area contributed by atoms with Gasteiger partial charge in [-0.15, -0.1) is 0 Å². The second-order valence-corrected chi connectivity index (χ2v) is 8.80. The molecule has 0 amide bonds. The van der Waals surface area contributed by atoms with Gasteiger partial charge in [0.2, 0.25) is 11.9 Å². The Morgan fingerprint density at radius 2 is 1.58 bits per heavy atom. The molecule has 2 heterocycles. The Kier molecular flexibility index (Phi) is 6.83. The fourth-order valence-electron chi connectivity index (χ4n) is 4.32. The van der Waals surface area contributed by atoms with Crippen LogP contribution in [0.15, 0.2) is 6.33 Å². The third-order valence-corrected chi connectivity index (χ3v) is 5.27. The molecule has 0 atom stereocenters. The summed E-state index contributed by atoms with van der Waals surface area (Å²) in [6, 6.07) is 0. The van der Waals surface area contributed by atoms with Crippen LogP contribution in [0.3, 0.4) is 0 Å². The van der Waals surface area contributed by atoms with Crippen LogP contribution in [0.25, 0.3) is 0 Å². The van der Waals surface area contributed by atoms with Gasteiger partial charge in [0.1, 0.15) is 6.33 Å². The fourth-order valence-corrected chi connectivity index (χ4v) is 4.32. The maximum atomic E-state index is 10.3. The van der Waals surface area contributed by atoms with Crippen LogP contribution in [0.1, 0.15) is 80.1 Å². The Morgan fingerprint density at radius 3 is 2.08 bits per heavy atom. The van der Waals surface area contributed by atoms with Crippen molar-refractivity contribution in [3.63, 3.8) is 0 Å². The largest absolute Gasteiger partial charge is 0.393 e. The van der Waals surface area contributed by atoms with Gasteiger partial charge in [0, 0.05) is 24.2 Å². The zero-order chi connectivity index (χ0) is 19.4. The van der Waals surface area contributed by atoms with E-state index in [0.717, 1.165) is 50.7 Å². The van der Waals surface area contributed by atoms with Crippen molar-refractivity contribution in [1.82, 2.24) is 15.0 Å². The Bertz CT molecular complexity index is 549. The molecule has 1 aromatic heterocycles. The number of piperidine rings is 1. The molecule has 0 saturated carbocycles. The van der Waals surface area contributed by atoms with E-state index in [1.165, 1.54) is 0 Å². The Balaban J connectivity index is 2.33. The highest BCUT2D eigenvalue weighted by Crippen LogP contribution is 2.40. The zero-order valence-corrected chi connectivity index (χ0v) is 17.5. The SMILES string of the molecule is CCCCN(CCCC)c1ncnc(N2C(C)(C)CC(O)CC2(C)C)n1. The molecule has 6 nitrogen and oxygen atoms in total. The monoisotopic (exact) mass is 363 g/mol. The Morgan fingerprint density at radius 1 is 1.04 bits per heavy atom. The quantitative estimate of drug-likeness (QED) is 0.758. The van der Waals surface area contributed by atoms with E-state index in [1.54, 1.807) is 6.33 Å². The predicted octanol–water partition coefficient (Wildman–Crippen LogP) is 3.80. The van der Waals surface area contributed by atoms with E-state index in [1.807, 2.05) is 0 Å². The number of aliphatic hydroxyl groups is 1. The first-order chi connectivity index (χ1) is 12.2. The van der Waals surface area contributed by atoms with Gasteiger partial charge in [-0.05, 0) is 53.4 Å². The van der Waals surface area contributed by atoms with E-state index in [4.69, 9.17) is 4.98 Å². The first-order valence-corrected chi connectivity index (χ1v) is 10.1. The minimum Gasteiger partial charge on any atom is -0.393 e. The molecule has 0 spiro atoms. The summed E-state index contributed by atoms with van der Waals surface area (Å²) in [7, 11) is 0. The molecule has 6 heteroatoms. The highest BCUT2D eigenvalue weighted by Gasteiger charge is 2.46. The van der Waals surface area contributed by atoms with Gasteiger partial charge in [0.15, 0.2) is 0 Å². The van der Waals surface area contributed by atoms with Crippen LogP contribution in [-0.2, 0) is 0 Å². The molecule has 0 aliphatic carbocycles. The number of nitrogens with zero attached hydrogens (tertiary/aromatic N) is 5. The van der Waals surface area contributed by atoms with Crippen molar-refractivity contribution in [1.29, 1.82) is 0 Å². The number of anilines is 2. The van der Waals surface area contributed by atoms with E-state index in [0.29, 0.717) is 12.8 Å². The Labute approximate surface area is 159 Å². The molecule has 148 valence electrons. The average Bonchev–Trinajstić information content (AvgIpc) is 2.52. The first kappa shape index (κ1) is 20.9. The topological polar surface area (TPSA) is 65.4 Å². The summed E-state index contributed by atoms with van der Waals surface area (Å²) in [5.74, 6) is 1.49.